The van der Waals surface area contributed by atoms with Gasteiger partial charge in [0.15, 0.2) is 0 Å². The molecule has 1 aromatic rings. The Morgan fingerprint density at radius 3 is 2.48 bits per heavy atom. The maximum absolute atomic E-state index is 12.7. The van der Waals surface area contributed by atoms with Crippen LogP contribution in [-0.4, -0.2) is 52.8 Å². The molecule has 0 spiro atoms. The summed E-state index contributed by atoms with van der Waals surface area (Å²) in [5.41, 5.74) is 8.69. The van der Waals surface area contributed by atoms with Gasteiger partial charge in [0, 0.05) is 44.7 Å². The first-order valence-electron chi connectivity index (χ1n) is 9.08. The molecule has 0 unspecified atom stereocenters. The van der Waals surface area contributed by atoms with Gasteiger partial charge in [-0.2, -0.15) is 0 Å². The number of nitrogens with one attached hydrogen (secondary N) is 1. The second-order valence-electron chi connectivity index (χ2n) is 7.45. The van der Waals surface area contributed by atoms with E-state index in [9.17, 15) is 9.59 Å². The highest BCUT2D eigenvalue weighted by Gasteiger charge is 2.38. The number of nitrogens with zero attached hydrogens (tertiary/aromatic N) is 2. The maximum Gasteiger partial charge on any atom is 0.243 e. The minimum atomic E-state index is -0.430. The smallest absolute Gasteiger partial charge is 0.243 e. The van der Waals surface area contributed by atoms with Gasteiger partial charge in [-0.05, 0) is 31.4 Å². The lowest BCUT2D eigenvalue weighted by Crippen LogP contribution is -2.48. The Hall–Kier alpha value is -1.92. The zero-order chi connectivity index (χ0) is 18.0. The number of hydrogen-bond donors (Lipinski definition) is 2. The van der Waals surface area contributed by atoms with Crippen LogP contribution in [-0.2, 0) is 22.7 Å². The van der Waals surface area contributed by atoms with Crippen molar-refractivity contribution in [3.8, 4) is 0 Å². The van der Waals surface area contributed by atoms with Crippen molar-refractivity contribution < 1.29 is 9.59 Å². The molecule has 1 saturated heterocycles. The Labute approximate surface area is 149 Å². The van der Waals surface area contributed by atoms with Gasteiger partial charge in [-0.1, -0.05) is 24.3 Å². The fourth-order valence-electron chi connectivity index (χ4n) is 3.73. The first kappa shape index (κ1) is 17.9. The van der Waals surface area contributed by atoms with Crippen molar-refractivity contribution in [1.29, 1.82) is 0 Å². The molecule has 0 bridgehead atoms. The zero-order valence-electron chi connectivity index (χ0n) is 15.1. The number of carbonyl (C=O) groups excluding carboxylic acids is 2. The van der Waals surface area contributed by atoms with E-state index in [2.05, 4.69) is 34.5 Å². The predicted molar refractivity (Wildman–Crippen MR) is 96.5 cm³/mol. The number of nitrogens with two attached hydrogens (primary N) is 1. The van der Waals surface area contributed by atoms with Crippen molar-refractivity contribution in [3.63, 3.8) is 0 Å². The van der Waals surface area contributed by atoms with E-state index in [1.807, 2.05) is 13.8 Å². The van der Waals surface area contributed by atoms with Crippen LogP contribution in [0.4, 0.5) is 0 Å². The fraction of sp³-hybridized carbons (Fsp3) is 0.579. The van der Waals surface area contributed by atoms with E-state index < -0.39 is 6.04 Å². The number of rotatable bonds is 5. The third-order valence-electron chi connectivity index (χ3n) is 4.94. The van der Waals surface area contributed by atoms with Gasteiger partial charge in [0.25, 0.3) is 0 Å². The summed E-state index contributed by atoms with van der Waals surface area (Å²) in [6, 6.07) is 7.90. The average Bonchev–Trinajstić information content (AvgIpc) is 3.15. The van der Waals surface area contributed by atoms with E-state index in [0.29, 0.717) is 25.9 Å². The topological polar surface area (TPSA) is 78.7 Å². The van der Waals surface area contributed by atoms with Crippen molar-refractivity contribution >= 4 is 11.8 Å². The molecule has 136 valence electrons. The molecule has 3 N–H and O–H groups in total. The molecule has 2 atom stereocenters. The summed E-state index contributed by atoms with van der Waals surface area (Å²) in [6.45, 7) is 6.79. The Kier molecular flexibility index (Phi) is 5.39. The van der Waals surface area contributed by atoms with Gasteiger partial charge in [-0.3, -0.25) is 14.5 Å². The lowest BCUT2D eigenvalue weighted by molar-refractivity contribution is -0.138. The predicted octanol–water partition coefficient (Wildman–Crippen LogP) is 0.845. The average molecular weight is 344 g/mol. The van der Waals surface area contributed by atoms with Crippen LogP contribution in [0.25, 0.3) is 0 Å². The number of likely N-dealkylation sites (tertiary alicyclic amines) is 1. The molecule has 1 aromatic carbocycles. The van der Waals surface area contributed by atoms with Gasteiger partial charge in [-0.25, -0.2) is 0 Å². The monoisotopic (exact) mass is 344 g/mol. The normalized spacial score (nSPS) is 23.1. The van der Waals surface area contributed by atoms with Crippen molar-refractivity contribution in [3.05, 3.63) is 35.4 Å². The molecule has 0 aliphatic carbocycles. The Bertz CT molecular complexity index is 621. The molecular formula is C19H28N4O2. The molecular weight excluding hydrogens is 316 g/mol. The summed E-state index contributed by atoms with van der Waals surface area (Å²) in [4.78, 5) is 29.0. The molecule has 0 aromatic heterocycles. The highest BCUT2D eigenvalue weighted by Crippen LogP contribution is 2.23. The number of benzene rings is 1. The second-order valence-corrected chi connectivity index (χ2v) is 7.45. The first-order valence-corrected chi connectivity index (χ1v) is 9.08. The van der Waals surface area contributed by atoms with Crippen molar-refractivity contribution in [2.75, 3.05) is 13.1 Å². The number of fused-ring (bicyclic) bond motifs is 1. The van der Waals surface area contributed by atoms with Crippen LogP contribution >= 0.6 is 0 Å². The largest absolute Gasteiger partial charge is 0.352 e. The molecule has 6 heteroatoms. The van der Waals surface area contributed by atoms with E-state index in [-0.39, 0.29) is 23.9 Å². The molecule has 2 heterocycles. The number of carbonyl (C=O) groups is 2. The van der Waals surface area contributed by atoms with Gasteiger partial charge in [0.2, 0.25) is 11.8 Å². The fourth-order valence-corrected chi connectivity index (χ4v) is 3.73. The summed E-state index contributed by atoms with van der Waals surface area (Å²) in [5, 5.41) is 2.90. The van der Waals surface area contributed by atoms with Gasteiger partial charge in [-0.15, -0.1) is 0 Å². The molecule has 2 aliphatic rings. The molecule has 3 rings (SSSR count). The van der Waals surface area contributed by atoms with Crippen LogP contribution in [0.3, 0.4) is 0 Å². The third kappa shape index (κ3) is 4.19. The molecule has 0 radical (unpaired) electrons. The summed E-state index contributed by atoms with van der Waals surface area (Å²) < 4.78 is 0. The minimum absolute atomic E-state index is 0.0211. The number of hydrogen-bond acceptors (Lipinski definition) is 4. The van der Waals surface area contributed by atoms with Crippen LogP contribution in [0.1, 0.15) is 37.8 Å². The van der Waals surface area contributed by atoms with Crippen LogP contribution in [0.15, 0.2) is 24.3 Å². The van der Waals surface area contributed by atoms with E-state index in [1.54, 1.807) is 4.90 Å². The van der Waals surface area contributed by atoms with E-state index in [1.165, 1.54) is 11.1 Å². The van der Waals surface area contributed by atoms with Crippen molar-refractivity contribution in [1.82, 2.24) is 15.1 Å². The van der Waals surface area contributed by atoms with Gasteiger partial charge in [0.1, 0.15) is 6.04 Å². The third-order valence-corrected chi connectivity index (χ3v) is 4.94. The molecule has 6 nitrogen and oxygen atoms in total. The van der Waals surface area contributed by atoms with Crippen LogP contribution in [0.5, 0.6) is 0 Å². The SMILES string of the molecule is CC(C)NC(=O)[C@@H]1C[C@H](N)CN1C(=O)CCN1Cc2ccccc2C1. The standard InChI is InChI=1S/C19H28N4O2/c1-13(2)21-19(25)17-9-16(20)12-23(17)18(24)7-8-22-10-14-5-3-4-6-15(14)11-22/h3-6,13,16-17H,7-12,20H2,1-2H3,(H,21,25)/t16-,17-/m0/s1. The zero-order valence-corrected chi connectivity index (χ0v) is 15.1. The van der Waals surface area contributed by atoms with Crippen LogP contribution < -0.4 is 11.1 Å². The summed E-state index contributed by atoms with van der Waals surface area (Å²) in [5.74, 6) is -0.0716. The Morgan fingerprint density at radius 2 is 1.88 bits per heavy atom. The van der Waals surface area contributed by atoms with E-state index in [0.717, 1.165) is 13.1 Å². The summed E-state index contributed by atoms with van der Waals surface area (Å²) in [6.07, 6.45) is 0.964. The highest BCUT2D eigenvalue weighted by atomic mass is 16.2. The lowest BCUT2D eigenvalue weighted by Gasteiger charge is -2.25. The van der Waals surface area contributed by atoms with Crippen molar-refractivity contribution in [2.24, 2.45) is 5.73 Å². The van der Waals surface area contributed by atoms with E-state index >= 15 is 0 Å². The molecule has 1 fully saturated rings. The lowest BCUT2D eigenvalue weighted by atomic mass is 10.1. The molecule has 0 saturated carbocycles. The van der Waals surface area contributed by atoms with Crippen molar-refractivity contribution in [2.45, 2.75) is 57.9 Å². The summed E-state index contributed by atoms with van der Waals surface area (Å²) in [7, 11) is 0. The van der Waals surface area contributed by atoms with Gasteiger partial charge in [0.05, 0.1) is 0 Å². The molecule has 2 amide bonds. The second kappa shape index (κ2) is 7.54. The quantitative estimate of drug-likeness (QED) is 0.830. The Balaban J connectivity index is 1.54. The minimum Gasteiger partial charge on any atom is -0.352 e. The van der Waals surface area contributed by atoms with Crippen LogP contribution in [0.2, 0.25) is 0 Å². The first-order chi connectivity index (χ1) is 11.9. The van der Waals surface area contributed by atoms with Gasteiger partial charge < -0.3 is 16.0 Å². The Morgan fingerprint density at radius 1 is 1.24 bits per heavy atom. The number of amides is 2. The molecule has 2 aliphatic heterocycles. The highest BCUT2D eigenvalue weighted by molar-refractivity contribution is 5.88. The summed E-state index contributed by atoms with van der Waals surface area (Å²) >= 11 is 0. The van der Waals surface area contributed by atoms with E-state index in [4.69, 9.17) is 5.73 Å². The maximum atomic E-state index is 12.7. The van der Waals surface area contributed by atoms with Gasteiger partial charge >= 0.3 is 0 Å². The molecule has 25 heavy (non-hydrogen) atoms. The van der Waals surface area contributed by atoms with Crippen LogP contribution in [0, 0.1) is 0 Å².